The number of hydrogen-bond acceptors (Lipinski definition) is 11. The average Bonchev–Trinajstić information content (AvgIpc) is 1.65. The Balaban J connectivity index is 1.12. The molecular formula is C63H85F2N11O10. The van der Waals surface area contributed by atoms with Crippen LogP contribution in [-0.4, -0.2) is 147 Å². The number of anilines is 1. The number of nitrogens with one attached hydrogen (secondary N) is 4. The fraction of sp³-hybridized carbons (Fsp3) is 0.508. The number of aromatic nitrogens is 2. The van der Waals surface area contributed by atoms with Gasteiger partial charge in [-0.2, -0.15) is 0 Å². The fourth-order valence-corrected chi connectivity index (χ4v) is 10.5. The smallest absolute Gasteiger partial charge is 0.410 e. The first kappa shape index (κ1) is 66.9. The van der Waals surface area contributed by atoms with Gasteiger partial charge in [-0.3, -0.25) is 28.9 Å². The predicted molar refractivity (Wildman–Crippen MR) is 321 cm³/mol. The number of unbranched alkanes of at least 4 members (excludes halogenated alkanes) is 2. The fourth-order valence-electron chi connectivity index (χ4n) is 10.5. The van der Waals surface area contributed by atoms with Gasteiger partial charge in [-0.05, 0) is 97.7 Å². The molecular weight excluding hydrogens is 1110 g/mol. The minimum absolute atomic E-state index is 0.00911. The summed E-state index contributed by atoms with van der Waals surface area (Å²) in [6.07, 6.45) is 7.28. The van der Waals surface area contributed by atoms with E-state index in [0.29, 0.717) is 75.2 Å². The van der Waals surface area contributed by atoms with Crippen LogP contribution in [0.15, 0.2) is 91.1 Å². The Morgan fingerprint density at radius 2 is 1.55 bits per heavy atom. The number of nitrogens with two attached hydrogens (primary N) is 1. The number of ether oxygens (including phenoxy) is 2. The summed E-state index contributed by atoms with van der Waals surface area (Å²) in [6.45, 7) is 16.0. The summed E-state index contributed by atoms with van der Waals surface area (Å²) in [5.74, 6) is -3.39. The number of primary amides is 1. The zero-order chi connectivity index (χ0) is 62.5. The van der Waals surface area contributed by atoms with Crippen LogP contribution in [0.25, 0.3) is 11.3 Å². The van der Waals surface area contributed by atoms with Crippen LogP contribution in [0.1, 0.15) is 129 Å². The molecule has 23 heteroatoms. The normalized spacial score (nSPS) is 15.3. The Morgan fingerprint density at radius 1 is 0.849 bits per heavy atom. The molecule has 3 heterocycles. The molecule has 0 bridgehead atoms. The average molecular weight is 1190 g/mol. The third kappa shape index (κ3) is 19.4. The van der Waals surface area contributed by atoms with Gasteiger partial charge < -0.3 is 55.7 Å². The summed E-state index contributed by atoms with van der Waals surface area (Å²) in [6, 6.07) is 15.3. The van der Waals surface area contributed by atoms with E-state index < -0.39 is 65.2 Å². The van der Waals surface area contributed by atoms with Crippen LogP contribution in [-0.2, 0) is 46.6 Å². The molecule has 4 atom stereocenters. The Hall–Kier alpha value is -8.21. The molecule has 0 spiro atoms. The summed E-state index contributed by atoms with van der Waals surface area (Å²) < 4.78 is 44.0. The number of carbonyl (C=O) groups excluding carboxylic acids is 8. The van der Waals surface area contributed by atoms with Crippen molar-refractivity contribution in [1.82, 2.24) is 45.1 Å². The van der Waals surface area contributed by atoms with E-state index in [1.807, 2.05) is 74.4 Å². The number of halogens is 2. The standard InChI is InChI=1S/C63H85F2N11O10/c1-8-31-72(32-9-2)61(83)76(56(63(5,6)7)57-69-51(48-37-45(64)23-26-49(48)65)39-73(57)38-43-17-12-10-13-18-43)34-29-47-41-85-36-35-74(47)62(84)86-40-44-21-24-46(25-22-44)68-58(80)50(19-16-30-67-60(66)82)70-59(81)55(42(3)4)71-52(77)20-14-11-15-33-75-53(78)27-28-54(75)79/h10,12-13,17-18,21-28,37,39,42,47,50,55-56H,8-9,11,14-16,19-20,29-36,38,40-41H2,1-7H3,(H,68,80)(H,70,81)(H,71,77)(H3,66,67,82). The second-order valence-corrected chi connectivity index (χ2v) is 23.2. The van der Waals surface area contributed by atoms with Crippen LogP contribution in [0.4, 0.5) is 28.9 Å². The highest BCUT2D eigenvalue weighted by Gasteiger charge is 2.41. The summed E-state index contributed by atoms with van der Waals surface area (Å²) in [5, 5.41) is 10.9. The predicted octanol–water partition coefficient (Wildman–Crippen LogP) is 8.43. The van der Waals surface area contributed by atoms with Crippen LogP contribution >= 0.6 is 0 Å². The van der Waals surface area contributed by atoms with Gasteiger partial charge in [-0.1, -0.05) is 97.4 Å². The zero-order valence-electron chi connectivity index (χ0n) is 50.6. The molecule has 1 saturated heterocycles. The van der Waals surface area contributed by atoms with E-state index >= 15 is 9.18 Å². The highest BCUT2D eigenvalue weighted by molar-refractivity contribution is 6.12. The number of urea groups is 2. The lowest BCUT2D eigenvalue weighted by Crippen LogP contribution is -2.54. The molecule has 2 aliphatic rings. The van der Waals surface area contributed by atoms with Crippen molar-refractivity contribution in [3.63, 3.8) is 0 Å². The van der Waals surface area contributed by atoms with Gasteiger partial charge in [0.2, 0.25) is 17.7 Å². The molecule has 21 nitrogen and oxygen atoms in total. The van der Waals surface area contributed by atoms with Crippen molar-refractivity contribution in [2.24, 2.45) is 17.1 Å². The van der Waals surface area contributed by atoms with E-state index in [0.717, 1.165) is 28.7 Å². The Bertz CT molecular complexity index is 2960. The Morgan fingerprint density at radius 3 is 2.20 bits per heavy atom. The molecule has 466 valence electrons. The minimum atomic E-state index is -1.09. The molecule has 1 aromatic heterocycles. The van der Waals surface area contributed by atoms with E-state index in [2.05, 4.69) is 21.3 Å². The first-order valence-corrected chi connectivity index (χ1v) is 29.8. The van der Waals surface area contributed by atoms with Gasteiger partial charge in [-0.25, -0.2) is 28.1 Å². The highest BCUT2D eigenvalue weighted by atomic mass is 19.1. The Kier molecular flexibility index (Phi) is 25.2. The monoisotopic (exact) mass is 1190 g/mol. The summed E-state index contributed by atoms with van der Waals surface area (Å²) in [4.78, 5) is 116. The first-order valence-electron chi connectivity index (χ1n) is 29.8. The number of morpholine rings is 1. The summed E-state index contributed by atoms with van der Waals surface area (Å²) in [5.41, 5.74) is 6.71. The highest BCUT2D eigenvalue weighted by Crippen LogP contribution is 2.40. The molecule has 4 unspecified atom stereocenters. The molecule has 6 rings (SSSR count). The lowest BCUT2D eigenvalue weighted by atomic mass is 9.84. The maximum absolute atomic E-state index is 15.5. The third-order valence-corrected chi connectivity index (χ3v) is 14.9. The molecule has 1 fully saturated rings. The quantitative estimate of drug-likeness (QED) is 0.0244. The third-order valence-electron chi connectivity index (χ3n) is 14.9. The summed E-state index contributed by atoms with van der Waals surface area (Å²) >= 11 is 0. The second kappa shape index (κ2) is 32.3. The number of imidazole rings is 1. The van der Waals surface area contributed by atoms with Crippen LogP contribution in [0.5, 0.6) is 0 Å². The van der Waals surface area contributed by atoms with Crippen LogP contribution < -0.4 is 27.0 Å². The van der Waals surface area contributed by atoms with E-state index in [1.54, 1.807) is 54.1 Å². The minimum Gasteiger partial charge on any atom is -0.445 e. The van der Waals surface area contributed by atoms with E-state index in [1.165, 1.54) is 12.2 Å². The SMILES string of the molecule is CCCN(CCC)C(=O)N(CCC1COCCN1C(=O)OCc1ccc(NC(=O)C(CCCNC(N)=O)NC(=O)C(NC(=O)CCCCCN2C(=O)C=CC2=O)C(C)C)cc1)C(c1nc(-c2cc(F)ccc2F)cn1Cc1ccccc1)C(C)(C)C. The molecule has 4 aromatic rings. The molecule has 6 N–H and O–H groups in total. The topological polar surface area (TPSA) is 260 Å². The van der Waals surface area contributed by atoms with E-state index in [4.69, 9.17) is 20.2 Å². The van der Waals surface area contributed by atoms with Crippen molar-refractivity contribution in [3.05, 3.63) is 120 Å². The second-order valence-electron chi connectivity index (χ2n) is 23.2. The van der Waals surface area contributed by atoms with Gasteiger partial charge >= 0.3 is 18.2 Å². The van der Waals surface area contributed by atoms with E-state index in [9.17, 15) is 38.0 Å². The van der Waals surface area contributed by atoms with Crippen LogP contribution in [0.3, 0.4) is 0 Å². The Labute approximate surface area is 502 Å². The maximum Gasteiger partial charge on any atom is 0.410 e. The van der Waals surface area contributed by atoms with Crippen LogP contribution in [0.2, 0.25) is 0 Å². The van der Waals surface area contributed by atoms with Crippen molar-refractivity contribution >= 4 is 53.4 Å². The van der Waals surface area contributed by atoms with Gasteiger partial charge in [0.05, 0.1) is 31.0 Å². The molecule has 86 heavy (non-hydrogen) atoms. The zero-order valence-corrected chi connectivity index (χ0v) is 50.6. The molecule has 0 radical (unpaired) electrons. The number of rotatable bonds is 30. The van der Waals surface area contributed by atoms with Gasteiger partial charge in [0.1, 0.15) is 36.1 Å². The largest absolute Gasteiger partial charge is 0.445 e. The number of imide groups is 1. The van der Waals surface area contributed by atoms with Crippen molar-refractivity contribution in [2.75, 3.05) is 57.8 Å². The van der Waals surface area contributed by atoms with Crippen molar-refractivity contribution in [1.29, 1.82) is 0 Å². The van der Waals surface area contributed by atoms with Crippen molar-refractivity contribution in [3.8, 4) is 11.3 Å². The van der Waals surface area contributed by atoms with Gasteiger partial charge in [-0.15, -0.1) is 0 Å². The van der Waals surface area contributed by atoms with Crippen molar-refractivity contribution < 1.29 is 56.6 Å². The van der Waals surface area contributed by atoms with E-state index in [-0.39, 0.29) is 106 Å². The lowest BCUT2D eigenvalue weighted by molar-refractivity contribution is -0.137. The van der Waals surface area contributed by atoms with Crippen molar-refractivity contribution in [2.45, 2.75) is 144 Å². The van der Waals surface area contributed by atoms with Gasteiger partial charge in [0.15, 0.2) is 0 Å². The number of carbonyl (C=O) groups is 8. The number of amides is 10. The van der Waals surface area contributed by atoms with Gasteiger partial charge in [0.25, 0.3) is 11.8 Å². The molecule has 2 aliphatic heterocycles. The number of benzene rings is 3. The molecule has 10 amide bonds. The summed E-state index contributed by atoms with van der Waals surface area (Å²) in [7, 11) is 0. The lowest BCUT2D eigenvalue weighted by Gasteiger charge is -2.43. The number of hydrogen-bond donors (Lipinski definition) is 5. The van der Waals surface area contributed by atoms with Gasteiger partial charge in [0, 0.05) is 81.8 Å². The molecule has 0 saturated carbocycles. The van der Waals surface area contributed by atoms with Crippen LogP contribution in [0, 0.1) is 23.0 Å². The first-order chi connectivity index (χ1) is 41.1. The molecule has 3 aromatic carbocycles. The number of nitrogens with zero attached hydrogens (tertiary/aromatic N) is 6. The molecule has 0 aliphatic carbocycles. The maximum atomic E-state index is 15.5.